The van der Waals surface area contributed by atoms with E-state index >= 15 is 0 Å². The number of halogens is 3. The normalized spacial score (nSPS) is 16.4. The fourth-order valence-corrected chi connectivity index (χ4v) is 2.03. The summed E-state index contributed by atoms with van der Waals surface area (Å²) in [4.78, 5) is 1.37. The molecule has 0 nitrogen and oxygen atoms in total. The molecule has 0 aliphatic rings. The highest BCUT2D eigenvalue weighted by atomic mass is 79.9. The Morgan fingerprint density at radius 3 is 2.18 bits per heavy atom. The van der Waals surface area contributed by atoms with Crippen LogP contribution in [0.5, 0.6) is 0 Å². The molecule has 0 aliphatic carbocycles. The number of alkyl halides is 3. The van der Waals surface area contributed by atoms with Crippen molar-refractivity contribution in [2.24, 2.45) is 0 Å². The molecule has 0 radical (unpaired) electrons. The first kappa shape index (κ1) is 12.4. The van der Waals surface area contributed by atoms with Crippen LogP contribution in [0.2, 0.25) is 0 Å². The van der Waals surface area contributed by atoms with Crippen LogP contribution in [-0.4, -0.2) is 15.0 Å². The van der Waals surface area contributed by atoms with Gasteiger partial charge in [-0.05, 0) is 25.7 Å². The smallest absolute Gasteiger partial charge is 0.0146 e. The zero-order valence-corrected chi connectivity index (χ0v) is 11.6. The van der Waals surface area contributed by atoms with E-state index in [0.29, 0.717) is 9.65 Å². The average molecular weight is 351 g/mol. The summed E-state index contributed by atoms with van der Waals surface area (Å²) in [5.41, 5.74) is 0. The van der Waals surface area contributed by atoms with Gasteiger partial charge in [0.15, 0.2) is 0 Å². The van der Waals surface area contributed by atoms with Crippen molar-refractivity contribution in [1.29, 1.82) is 0 Å². The number of rotatable bonds is 6. The number of hydrogen-bond acceptors (Lipinski definition) is 0. The van der Waals surface area contributed by atoms with Crippen molar-refractivity contribution in [3.8, 4) is 0 Å². The zero-order chi connectivity index (χ0) is 8.69. The van der Waals surface area contributed by atoms with Crippen molar-refractivity contribution < 1.29 is 0 Å². The number of hydrogen-bond donors (Lipinski definition) is 0. The van der Waals surface area contributed by atoms with Crippen molar-refractivity contribution in [2.75, 3.05) is 5.33 Å². The molecule has 0 amide bonds. The van der Waals surface area contributed by atoms with E-state index in [1.165, 1.54) is 25.7 Å². The van der Waals surface area contributed by atoms with E-state index in [0.717, 1.165) is 5.33 Å². The predicted molar refractivity (Wildman–Crippen MR) is 63.4 cm³/mol. The van der Waals surface area contributed by atoms with Gasteiger partial charge in [0, 0.05) is 15.0 Å². The molecule has 3 heteroatoms. The highest BCUT2D eigenvalue weighted by molar-refractivity contribution is 9.10. The molecule has 68 valence electrons. The third kappa shape index (κ3) is 9.35. The highest BCUT2D eigenvalue weighted by Crippen LogP contribution is 2.18. The maximum Gasteiger partial charge on any atom is 0.0146 e. The molecule has 0 saturated carbocycles. The molecule has 0 aromatic heterocycles. The summed E-state index contributed by atoms with van der Waals surface area (Å²) >= 11 is 10.6. The quantitative estimate of drug-likeness (QED) is 0.619. The van der Waals surface area contributed by atoms with Crippen molar-refractivity contribution in [3.63, 3.8) is 0 Å². The van der Waals surface area contributed by atoms with Crippen molar-refractivity contribution >= 4 is 47.8 Å². The first-order chi connectivity index (χ1) is 5.16. The van der Waals surface area contributed by atoms with Gasteiger partial charge < -0.3 is 0 Å². The molecular formula is C8H15Br3. The van der Waals surface area contributed by atoms with Gasteiger partial charge >= 0.3 is 0 Å². The van der Waals surface area contributed by atoms with Gasteiger partial charge in [-0.2, -0.15) is 0 Å². The van der Waals surface area contributed by atoms with Crippen LogP contribution in [0.25, 0.3) is 0 Å². The lowest BCUT2D eigenvalue weighted by molar-refractivity contribution is 0.660. The Kier molecular flexibility index (Phi) is 9.11. The SMILES string of the molecule is CC(Br)CCC(Br)CCCBr. The van der Waals surface area contributed by atoms with Crippen LogP contribution in [0.3, 0.4) is 0 Å². The molecule has 2 atom stereocenters. The summed E-state index contributed by atoms with van der Waals surface area (Å²) in [5.74, 6) is 0. The van der Waals surface area contributed by atoms with Crippen LogP contribution in [0, 0.1) is 0 Å². The van der Waals surface area contributed by atoms with Gasteiger partial charge in [-0.1, -0.05) is 54.7 Å². The minimum absolute atomic E-state index is 0.659. The van der Waals surface area contributed by atoms with Crippen LogP contribution in [-0.2, 0) is 0 Å². The Morgan fingerprint density at radius 2 is 1.73 bits per heavy atom. The largest absolute Gasteiger partial charge is 0.0928 e. The predicted octanol–water partition coefficient (Wildman–Crippen LogP) is 4.49. The molecule has 0 aliphatic heterocycles. The molecule has 0 rings (SSSR count). The van der Waals surface area contributed by atoms with Gasteiger partial charge in [-0.3, -0.25) is 0 Å². The lowest BCUT2D eigenvalue weighted by Gasteiger charge is -2.09. The van der Waals surface area contributed by atoms with E-state index in [4.69, 9.17) is 0 Å². The first-order valence-corrected chi connectivity index (χ1v) is 6.96. The van der Waals surface area contributed by atoms with Crippen molar-refractivity contribution in [3.05, 3.63) is 0 Å². The fourth-order valence-electron chi connectivity index (χ4n) is 0.853. The maximum absolute atomic E-state index is 3.67. The van der Waals surface area contributed by atoms with Gasteiger partial charge in [0.05, 0.1) is 0 Å². The van der Waals surface area contributed by atoms with Crippen molar-refractivity contribution in [2.45, 2.75) is 42.3 Å². The Hall–Kier alpha value is 1.44. The van der Waals surface area contributed by atoms with Gasteiger partial charge in [-0.25, -0.2) is 0 Å². The van der Waals surface area contributed by atoms with Crippen LogP contribution < -0.4 is 0 Å². The standard InChI is InChI=1S/C8H15Br3/c1-7(10)4-5-8(11)3-2-6-9/h7-8H,2-6H2,1H3. The van der Waals surface area contributed by atoms with Gasteiger partial charge in [-0.15, -0.1) is 0 Å². The second-order valence-corrected chi connectivity index (χ2v) is 6.44. The van der Waals surface area contributed by atoms with E-state index in [9.17, 15) is 0 Å². The third-order valence-corrected chi connectivity index (χ3v) is 3.46. The fraction of sp³-hybridized carbons (Fsp3) is 1.00. The molecule has 0 bridgehead atoms. The second-order valence-electron chi connectivity index (χ2n) is 2.79. The van der Waals surface area contributed by atoms with Gasteiger partial charge in [0.25, 0.3) is 0 Å². The Labute approximate surface area is 94.9 Å². The third-order valence-electron chi connectivity index (χ3n) is 1.53. The topological polar surface area (TPSA) is 0 Å². The molecule has 2 unspecified atom stereocenters. The van der Waals surface area contributed by atoms with E-state index in [-0.39, 0.29) is 0 Å². The van der Waals surface area contributed by atoms with Crippen LogP contribution in [0.15, 0.2) is 0 Å². The monoisotopic (exact) mass is 348 g/mol. The minimum atomic E-state index is 0.659. The molecule has 0 aromatic carbocycles. The minimum Gasteiger partial charge on any atom is -0.0928 e. The summed E-state index contributed by atoms with van der Waals surface area (Å²) in [7, 11) is 0. The Bertz CT molecular complexity index is 83.4. The van der Waals surface area contributed by atoms with Crippen LogP contribution >= 0.6 is 47.8 Å². The summed E-state index contributed by atoms with van der Waals surface area (Å²) in [6.07, 6.45) is 5.09. The summed E-state index contributed by atoms with van der Waals surface area (Å²) < 4.78 is 0. The Balaban J connectivity index is 3.15. The first-order valence-electron chi connectivity index (χ1n) is 4.01. The van der Waals surface area contributed by atoms with E-state index in [1.54, 1.807) is 0 Å². The molecule has 0 aromatic rings. The molecule has 11 heavy (non-hydrogen) atoms. The summed E-state index contributed by atoms with van der Waals surface area (Å²) in [5, 5.41) is 1.12. The summed E-state index contributed by atoms with van der Waals surface area (Å²) in [6.45, 7) is 2.20. The van der Waals surface area contributed by atoms with E-state index < -0.39 is 0 Å². The van der Waals surface area contributed by atoms with Gasteiger partial charge in [0.2, 0.25) is 0 Å². The van der Waals surface area contributed by atoms with E-state index in [1.807, 2.05) is 0 Å². The molecular weight excluding hydrogens is 336 g/mol. The maximum atomic E-state index is 3.67. The van der Waals surface area contributed by atoms with Crippen LogP contribution in [0.4, 0.5) is 0 Å². The van der Waals surface area contributed by atoms with Crippen molar-refractivity contribution in [1.82, 2.24) is 0 Å². The van der Waals surface area contributed by atoms with Gasteiger partial charge in [0.1, 0.15) is 0 Å². The lowest BCUT2D eigenvalue weighted by atomic mass is 10.1. The Morgan fingerprint density at radius 1 is 1.09 bits per heavy atom. The average Bonchev–Trinajstić information content (AvgIpc) is 1.97. The molecule has 0 fully saturated rings. The highest BCUT2D eigenvalue weighted by Gasteiger charge is 2.04. The summed E-state index contributed by atoms with van der Waals surface area (Å²) in [6, 6.07) is 0. The lowest BCUT2D eigenvalue weighted by Crippen LogP contribution is -2.01. The van der Waals surface area contributed by atoms with E-state index in [2.05, 4.69) is 54.7 Å². The second kappa shape index (κ2) is 8.06. The molecule has 0 N–H and O–H groups in total. The molecule has 0 saturated heterocycles. The zero-order valence-electron chi connectivity index (χ0n) is 6.82. The molecule has 0 heterocycles. The molecule has 0 spiro atoms. The van der Waals surface area contributed by atoms with Crippen LogP contribution in [0.1, 0.15) is 32.6 Å².